The first-order chi connectivity index (χ1) is 7.29. The summed E-state index contributed by atoms with van der Waals surface area (Å²) in [6.07, 6.45) is 0.631. The van der Waals surface area contributed by atoms with Crippen molar-refractivity contribution in [2.24, 2.45) is 0 Å². The zero-order valence-corrected chi connectivity index (χ0v) is 9.02. The van der Waals surface area contributed by atoms with E-state index in [1.807, 2.05) is 0 Å². The highest BCUT2D eigenvalue weighted by Crippen LogP contribution is 2.30. The molecule has 0 bridgehead atoms. The summed E-state index contributed by atoms with van der Waals surface area (Å²) in [4.78, 5) is 11.4. The topological polar surface area (TPSA) is 42.9 Å². The molecule has 0 aliphatic carbocycles. The number of carbonyl (C=O) groups excluding carboxylic acids is 1. The van der Waals surface area contributed by atoms with E-state index < -0.39 is 5.82 Å². The van der Waals surface area contributed by atoms with Crippen molar-refractivity contribution in [2.45, 2.75) is 9.24 Å². The van der Waals surface area contributed by atoms with E-state index in [-0.39, 0.29) is 0 Å². The molecule has 0 spiro atoms. The second-order valence-corrected chi connectivity index (χ2v) is 4.73. The van der Waals surface area contributed by atoms with Crippen LogP contribution >= 0.6 is 23.1 Å². The van der Waals surface area contributed by atoms with Crippen molar-refractivity contribution >= 4 is 29.4 Å². The second-order valence-electron chi connectivity index (χ2n) is 2.61. The average molecular weight is 240 g/mol. The largest absolute Gasteiger partial charge is 0.298 e. The maximum atomic E-state index is 12.8. The predicted octanol–water partition coefficient (Wildman–Crippen LogP) is 2.64. The predicted molar refractivity (Wildman–Crippen MR) is 55.8 cm³/mol. The van der Waals surface area contributed by atoms with Gasteiger partial charge in [-0.15, -0.1) is 10.2 Å². The van der Waals surface area contributed by atoms with Crippen LogP contribution in [0.5, 0.6) is 0 Å². The summed E-state index contributed by atoms with van der Waals surface area (Å²) in [5.41, 5.74) is 1.93. The molecule has 6 heteroatoms. The lowest BCUT2D eigenvalue weighted by Gasteiger charge is -2.00. The van der Waals surface area contributed by atoms with Crippen LogP contribution in [0.2, 0.25) is 0 Å². The minimum atomic E-state index is -0.418. The van der Waals surface area contributed by atoms with Gasteiger partial charge >= 0.3 is 0 Å². The molecule has 1 heterocycles. The maximum absolute atomic E-state index is 12.8. The van der Waals surface area contributed by atoms with Crippen LogP contribution in [-0.4, -0.2) is 16.5 Å². The monoisotopic (exact) mass is 240 g/mol. The van der Waals surface area contributed by atoms with Gasteiger partial charge in [0.1, 0.15) is 11.3 Å². The molecule has 0 atom stereocenters. The summed E-state index contributed by atoms with van der Waals surface area (Å²) in [6, 6.07) is 4.08. The number of carbonyl (C=O) groups is 1. The molecule has 15 heavy (non-hydrogen) atoms. The number of hydrogen-bond acceptors (Lipinski definition) is 5. The number of aromatic nitrogens is 2. The lowest BCUT2D eigenvalue weighted by atomic mass is 10.2. The van der Waals surface area contributed by atoms with E-state index in [1.54, 1.807) is 11.6 Å². The molecule has 0 N–H and O–H groups in total. The van der Waals surface area contributed by atoms with Gasteiger partial charge in [-0.05, 0) is 18.2 Å². The molecule has 76 valence electrons. The van der Waals surface area contributed by atoms with Crippen molar-refractivity contribution in [1.29, 1.82) is 0 Å². The average Bonchev–Trinajstić information content (AvgIpc) is 2.73. The molecular formula is C9H5FN2OS2. The Labute approximate surface area is 93.4 Å². The van der Waals surface area contributed by atoms with Gasteiger partial charge in [0.25, 0.3) is 0 Å². The lowest BCUT2D eigenvalue weighted by Crippen LogP contribution is -1.87. The van der Waals surface area contributed by atoms with Crippen molar-refractivity contribution in [3.63, 3.8) is 0 Å². The Morgan fingerprint density at radius 1 is 1.47 bits per heavy atom. The number of benzene rings is 1. The Morgan fingerprint density at radius 3 is 3.00 bits per heavy atom. The van der Waals surface area contributed by atoms with Gasteiger partial charge in [0.05, 0.1) is 0 Å². The van der Waals surface area contributed by atoms with Crippen LogP contribution in [0.3, 0.4) is 0 Å². The van der Waals surface area contributed by atoms with Gasteiger partial charge in [-0.25, -0.2) is 4.39 Å². The number of aldehydes is 1. The van der Waals surface area contributed by atoms with Gasteiger partial charge in [-0.2, -0.15) is 0 Å². The van der Waals surface area contributed by atoms with Crippen LogP contribution in [0, 0.1) is 5.82 Å². The highest BCUT2D eigenvalue weighted by atomic mass is 32.2. The molecule has 0 radical (unpaired) electrons. The van der Waals surface area contributed by atoms with Crippen LogP contribution in [0.1, 0.15) is 10.4 Å². The molecule has 0 amide bonds. The van der Waals surface area contributed by atoms with Gasteiger partial charge in [0.15, 0.2) is 10.6 Å². The van der Waals surface area contributed by atoms with E-state index in [2.05, 4.69) is 10.2 Å². The lowest BCUT2D eigenvalue weighted by molar-refractivity contribution is 0.112. The zero-order chi connectivity index (χ0) is 10.7. The quantitative estimate of drug-likeness (QED) is 0.773. The van der Waals surface area contributed by atoms with Crippen LogP contribution in [0.15, 0.2) is 32.9 Å². The fourth-order valence-corrected chi connectivity index (χ4v) is 2.51. The summed E-state index contributed by atoms with van der Waals surface area (Å²) in [7, 11) is 0. The van der Waals surface area contributed by atoms with E-state index in [0.29, 0.717) is 16.7 Å². The van der Waals surface area contributed by atoms with E-state index in [9.17, 15) is 9.18 Å². The number of rotatable bonds is 3. The highest BCUT2D eigenvalue weighted by molar-refractivity contribution is 8.01. The van der Waals surface area contributed by atoms with Crippen molar-refractivity contribution < 1.29 is 9.18 Å². The van der Waals surface area contributed by atoms with Crippen LogP contribution in [-0.2, 0) is 0 Å². The third kappa shape index (κ3) is 2.40. The standard InChI is InChI=1S/C9H5FN2OS2/c10-7-1-2-8(6(3-7)4-13)15-9-12-11-5-14-9/h1-5H. The van der Waals surface area contributed by atoms with E-state index in [0.717, 1.165) is 4.34 Å². The minimum Gasteiger partial charge on any atom is -0.298 e. The van der Waals surface area contributed by atoms with Gasteiger partial charge in [0, 0.05) is 10.5 Å². The normalized spacial score (nSPS) is 10.2. The molecule has 1 aromatic carbocycles. The van der Waals surface area contributed by atoms with Crippen molar-refractivity contribution in [3.05, 3.63) is 35.1 Å². The minimum absolute atomic E-state index is 0.329. The molecule has 0 aliphatic heterocycles. The summed E-state index contributed by atoms with van der Waals surface area (Å²) >= 11 is 2.67. The van der Waals surface area contributed by atoms with Gasteiger partial charge in [-0.3, -0.25) is 4.79 Å². The highest BCUT2D eigenvalue weighted by Gasteiger charge is 2.07. The third-order valence-electron chi connectivity index (χ3n) is 1.64. The molecule has 1 aromatic heterocycles. The Kier molecular flexibility index (Phi) is 3.08. The Bertz CT molecular complexity index is 473. The maximum Gasteiger partial charge on any atom is 0.178 e. The third-order valence-corrected chi connectivity index (χ3v) is 3.51. The Balaban J connectivity index is 2.32. The molecule has 0 aliphatic rings. The molecule has 2 aromatic rings. The number of nitrogens with zero attached hydrogens (tertiary/aromatic N) is 2. The smallest absolute Gasteiger partial charge is 0.178 e. The second kappa shape index (κ2) is 4.50. The molecule has 0 saturated heterocycles. The van der Waals surface area contributed by atoms with Gasteiger partial charge in [0.2, 0.25) is 0 Å². The van der Waals surface area contributed by atoms with Crippen molar-refractivity contribution in [1.82, 2.24) is 10.2 Å². The molecule has 2 rings (SSSR count). The van der Waals surface area contributed by atoms with Gasteiger partial charge < -0.3 is 0 Å². The molecule has 0 unspecified atom stereocenters. The van der Waals surface area contributed by atoms with E-state index in [4.69, 9.17) is 0 Å². The summed E-state index contributed by atoms with van der Waals surface area (Å²) < 4.78 is 13.5. The molecular weight excluding hydrogens is 235 g/mol. The van der Waals surface area contributed by atoms with Crippen LogP contribution in [0.25, 0.3) is 0 Å². The van der Waals surface area contributed by atoms with Crippen molar-refractivity contribution in [3.8, 4) is 0 Å². The first kappa shape index (κ1) is 10.3. The SMILES string of the molecule is O=Cc1cc(F)ccc1Sc1nncs1. The summed E-state index contributed by atoms with van der Waals surface area (Å²) in [5, 5.41) is 7.51. The van der Waals surface area contributed by atoms with Crippen molar-refractivity contribution in [2.75, 3.05) is 0 Å². The molecule has 0 saturated carbocycles. The first-order valence-electron chi connectivity index (χ1n) is 3.98. The van der Waals surface area contributed by atoms with Crippen LogP contribution in [0.4, 0.5) is 4.39 Å². The summed E-state index contributed by atoms with van der Waals surface area (Å²) in [6.45, 7) is 0. The number of halogens is 1. The zero-order valence-electron chi connectivity index (χ0n) is 7.38. The Morgan fingerprint density at radius 2 is 2.33 bits per heavy atom. The first-order valence-corrected chi connectivity index (χ1v) is 5.68. The molecule has 0 fully saturated rings. The van der Waals surface area contributed by atoms with E-state index >= 15 is 0 Å². The Hall–Kier alpha value is -1.27. The van der Waals surface area contributed by atoms with E-state index in [1.165, 1.54) is 35.2 Å². The number of hydrogen-bond donors (Lipinski definition) is 0. The van der Waals surface area contributed by atoms with Crippen LogP contribution < -0.4 is 0 Å². The fourth-order valence-electron chi connectivity index (χ4n) is 1.01. The summed E-state index contributed by atoms with van der Waals surface area (Å²) in [5.74, 6) is -0.418. The van der Waals surface area contributed by atoms with Gasteiger partial charge in [-0.1, -0.05) is 23.1 Å². The molecule has 3 nitrogen and oxygen atoms in total. The fraction of sp³-hybridized carbons (Fsp3) is 0.